The Morgan fingerprint density at radius 2 is 1.32 bits per heavy atom. The van der Waals surface area contributed by atoms with E-state index in [1.165, 1.54) is 25.7 Å². The Hall–Kier alpha value is -5.32. The van der Waals surface area contributed by atoms with Gasteiger partial charge in [-0.05, 0) is 48.5 Å². The van der Waals surface area contributed by atoms with Crippen molar-refractivity contribution in [2.45, 2.75) is 0 Å². The summed E-state index contributed by atoms with van der Waals surface area (Å²) in [6.45, 7) is 0. The van der Waals surface area contributed by atoms with E-state index in [1.54, 1.807) is 50.0 Å². The molecule has 2 amide bonds. The number of nitrogens with one attached hydrogen (secondary N) is 2. The van der Waals surface area contributed by atoms with E-state index in [-0.39, 0.29) is 0 Å². The quantitative estimate of drug-likeness (QED) is 0.324. The molecule has 2 aromatic carbocycles. The van der Waals surface area contributed by atoms with Gasteiger partial charge in [-0.15, -0.1) is 10.2 Å². The molecule has 0 fully saturated rings. The van der Waals surface area contributed by atoms with E-state index < -0.39 is 11.8 Å². The van der Waals surface area contributed by atoms with Gasteiger partial charge >= 0.3 is 0 Å². The van der Waals surface area contributed by atoms with Gasteiger partial charge in [-0.1, -0.05) is 12.1 Å². The van der Waals surface area contributed by atoms with Gasteiger partial charge in [-0.2, -0.15) is 0 Å². The standard InChI is InChI=1S/C13H12N2O4.C13H10N2O3/c1-18-11-4-2-3-9(7-11)12(16)14-15-13(17)10-5-6-19-8-10;1-16-11-4-2-3-9(7-11)12-14-15-13(18-12)10-5-6-17-8-10/h2-8H,1H3,(H,14,16)(H,15,17);2-8H,1H3. The van der Waals surface area contributed by atoms with Crippen molar-refractivity contribution < 1.29 is 32.3 Å². The molecule has 188 valence electrons. The highest BCUT2D eigenvalue weighted by Crippen LogP contribution is 2.26. The highest BCUT2D eigenvalue weighted by Gasteiger charge is 2.12. The van der Waals surface area contributed by atoms with E-state index in [1.807, 2.05) is 24.3 Å². The summed E-state index contributed by atoms with van der Waals surface area (Å²) in [6, 6.07) is 17.3. The molecule has 5 aromatic rings. The van der Waals surface area contributed by atoms with Crippen LogP contribution in [0.3, 0.4) is 0 Å². The zero-order valence-corrected chi connectivity index (χ0v) is 19.8. The van der Waals surface area contributed by atoms with E-state index in [0.29, 0.717) is 28.7 Å². The number of ether oxygens (including phenoxy) is 2. The Bertz CT molecular complexity index is 1440. The molecule has 3 aromatic heterocycles. The van der Waals surface area contributed by atoms with Crippen molar-refractivity contribution in [2.24, 2.45) is 0 Å². The minimum atomic E-state index is -0.454. The highest BCUT2D eigenvalue weighted by molar-refractivity contribution is 5.99. The molecular formula is C26H22N4O7. The summed E-state index contributed by atoms with van der Waals surface area (Å²) in [5, 5.41) is 7.98. The van der Waals surface area contributed by atoms with Crippen LogP contribution < -0.4 is 20.3 Å². The first kappa shape index (κ1) is 24.8. The van der Waals surface area contributed by atoms with Crippen molar-refractivity contribution in [2.75, 3.05) is 14.2 Å². The Morgan fingerprint density at radius 1 is 0.703 bits per heavy atom. The number of rotatable bonds is 6. The number of hydrazine groups is 1. The highest BCUT2D eigenvalue weighted by atomic mass is 16.5. The third kappa shape index (κ3) is 6.42. The lowest BCUT2D eigenvalue weighted by molar-refractivity contribution is 0.0846. The van der Waals surface area contributed by atoms with Crippen LogP contribution in [0.1, 0.15) is 20.7 Å². The van der Waals surface area contributed by atoms with E-state index >= 15 is 0 Å². The number of carbonyl (C=O) groups is 2. The van der Waals surface area contributed by atoms with Crippen LogP contribution in [0, 0.1) is 0 Å². The maximum absolute atomic E-state index is 11.8. The number of hydrogen-bond donors (Lipinski definition) is 2. The van der Waals surface area contributed by atoms with Gasteiger partial charge in [0, 0.05) is 11.1 Å². The average Bonchev–Trinajstić information content (AvgIpc) is 3.74. The van der Waals surface area contributed by atoms with E-state index in [0.717, 1.165) is 16.9 Å². The summed E-state index contributed by atoms with van der Waals surface area (Å²) < 4.78 is 25.5. The van der Waals surface area contributed by atoms with Crippen molar-refractivity contribution in [1.82, 2.24) is 21.0 Å². The fourth-order valence-electron chi connectivity index (χ4n) is 3.01. The summed E-state index contributed by atoms with van der Waals surface area (Å²) in [5.74, 6) is 1.30. The van der Waals surface area contributed by atoms with E-state index in [9.17, 15) is 9.59 Å². The lowest BCUT2D eigenvalue weighted by atomic mass is 10.2. The van der Waals surface area contributed by atoms with Gasteiger partial charge in [0.05, 0.1) is 37.9 Å². The maximum Gasteiger partial charge on any atom is 0.272 e. The number of benzene rings is 2. The van der Waals surface area contributed by atoms with Crippen LogP contribution in [0.4, 0.5) is 0 Å². The topological polar surface area (TPSA) is 142 Å². The van der Waals surface area contributed by atoms with E-state index in [4.69, 9.17) is 22.7 Å². The monoisotopic (exact) mass is 502 g/mol. The number of carbonyl (C=O) groups excluding carboxylic acids is 2. The number of furan rings is 2. The predicted octanol–water partition coefficient (Wildman–Crippen LogP) is 4.37. The third-order valence-corrected chi connectivity index (χ3v) is 4.91. The average molecular weight is 502 g/mol. The van der Waals surface area contributed by atoms with Gasteiger partial charge < -0.3 is 22.7 Å². The van der Waals surface area contributed by atoms with Crippen LogP contribution >= 0.6 is 0 Å². The molecule has 0 spiro atoms. The van der Waals surface area contributed by atoms with Crippen LogP contribution in [0.2, 0.25) is 0 Å². The van der Waals surface area contributed by atoms with Gasteiger partial charge in [0.15, 0.2) is 0 Å². The first-order valence-electron chi connectivity index (χ1n) is 10.8. The smallest absolute Gasteiger partial charge is 0.272 e. The number of amides is 2. The molecule has 2 N–H and O–H groups in total. The summed E-state index contributed by atoms with van der Waals surface area (Å²) >= 11 is 0. The van der Waals surface area contributed by atoms with Gasteiger partial charge in [-0.25, -0.2) is 0 Å². The zero-order valence-electron chi connectivity index (χ0n) is 19.8. The Labute approximate surface area is 211 Å². The Morgan fingerprint density at radius 3 is 1.97 bits per heavy atom. The Balaban J connectivity index is 0.000000173. The predicted molar refractivity (Wildman–Crippen MR) is 131 cm³/mol. The van der Waals surface area contributed by atoms with E-state index in [2.05, 4.69) is 21.0 Å². The number of nitrogens with zero attached hydrogens (tertiary/aromatic N) is 2. The van der Waals surface area contributed by atoms with Crippen LogP contribution in [-0.2, 0) is 0 Å². The molecule has 0 atom stereocenters. The molecule has 0 saturated heterocycles. The molecule has 0 unspecified atom stereocenters. The summed E-state index contributed by atoms with van der Waals surface area (Å²) in [4.78, 5) is 23.3. The number of methoxy groups -OCH3 is 2. The molecule has 11 nitrogen and oxygen atoms in total. The van der Waals surface area contributed by atoms with Crippen LogP contribution in [-0.4, -0.2) is 36.2 Å². The summed E-state index contributed by atoms with van der Waals surface area (Å²) in [7, 11) is 3.13. The van der Waals surface area contributed by atoms with Gasteiger partial charge in [0.2, 0.25) is 5.89 Å². The first-order valence-corrected chi connectivity index (χ1v) is 10.8. The second kappa shape index (κ2) is 11.9. The lowest BCUT2D eigenvalue weighted by Crippen LogP contribution is -2.41. The minimum Gasteiger partial charge on any atom is -0.497 e. The van der Waals surface area contributed by atoms with Crippen molar-refractivity contribution in [3.63, 3.8) is 0 Å². The lowest BCUT2D eigenvalue weighted by Gasteiger charge is -2.07. The van der Waals surface area contributed by atoms with Crippen LogP contribution in [0.15, 0.2) is 99.0 Å². The van der Waals surface area contributed by atoms with Crippen molar-refractivity contribution in [1.29, 1.82) is 0 Å². The normalized spacial score (nSPS) is 10.1. The molecule has 5 rings (SSSR count). The molecule has 0 aliphatic heterocycles. The van der Waals surface area contributed by atoms with Crippen molar-refractivity contribution in [3.8, 4) is 34.4 Å². The SMILES string of the molecule is COc1cccc(-c2nnc(-c3ccoc3)o2)c1.COc1cccc(C(=O)NNC(=O)c2ccoc2)c1. The third-order valence-electron chi connectivity index (χ3n) is 4.91. The van der Waals surface area contributed by atoms with Crippen molar-refractivity contribution in [3.05, 3.63) is 96.8 Å². The second-order valence-corrected chi connectivity index (χ2v) is 7.31. The maximum atomic E-state index is 11.8. The number of hydrogen-bond acceptors (Lipinski definition) is 9. The van der Waals surface area contributed by atoms with Crippen LogP contribution in [0.5, 0.6) is 11.5 Å². The van der Waals surface area contributed by atoms with Crippen LogP contribution in [0.25, 0.3) is 22.9 Å². The number of aromatic nitrogens is 2. The fourth-order valence-corrected chi connectivity index (χ4v) is 3.01. The Kier molecular flexibility index (Phi) is 7.97. The molecule has 0 radical (unpaired) electrons. The molecular weight excluding hydrogens is 480 g/mol. The zero-order chi connectivity index (χ0) is 26.0. The molecule has 0 aliphatic rings. The fraction of sp³-hybridized carbons (Fsp3) is 0.0769. The largest absolute Gasteiger partial charge is 0.497 e. The van der Waals surface area contributed by atoms with Gasteiger partial charge in [0.1, 0.15) is 24.0 Å². The summed E-state index contributed by atoms with van der Waals surface area (Å²) in [6.07, 6.45) is 5.78. The molecule has 0 aliphatic carbocycles. The minimum absolute atomic E-state index is 0.325. The molecule has 11 heteroatoms. The first-order chi connectivity index (χ1) is 18.1. The molecule has 37 heavy (non-hydrogen) atoms. The summed E-state index contributed by atoms with van der Waals surface area (Å²) in [5.41, 5.74) is 6.87. The molecule has 3 heterocycles. The second-order valence-electron chi connectivity index (χ2n) is 7.31. The molecule has 0 bridgehead atoms. The van der Waals surface area contributed by atoms with Crippen molar-refractivity contribution >= 4 is 11.8 Å². The van der Waals surface area contributed by atoms with Gasteiger partial charge in [0.25, 0.3) is 17.7 Å². The molecule has 0 saturated carbocycles. The van der Waals surface area contributed by atoms with Gasteiger partial charge in [-0.3, -0.25) is 20.4 Å².